The van der Waals surface area contributed by atoms with Crippen molar-refractivity contribution in [2.45, 2.75) is 13.3 Å². The van der Waals surface area contributed by atoms with Crippen LogP contribution in [0.25, 0.3) is 10.9 Å². The van der Waals surface area contributed by atoms with E-state index in [0.29, 0.717) is 11.4 Å². The number of rotatable bonds is 3. The van der Waals surface area contributed by atoms with Gasteiger partial charge in [-0.05, 0) is 18.6 Å². The Kier molecular flexibility index (Phi) is 2.79. The van der Waals surface area contributed by atoms with Crippen LogP contribution < -0.4 is 5.32 Å². The van der Waals surface area contributed by atoms with E-state index in [1.54, 1.807) is 6.07 Å². The van der Waals surface area contributed by atoms with E-state index in [9.17, 15) is 4.79 Å². The van der Waals surface area contributed by atoms with Gasteiger partial charge < -0.3 is 10.3 Å². The van der Waals surface area contributed by atoms with Crippen LogP contribution in [-0.2, 0) is 6.42 Å². The van der Waals surface area contributed by atoms with Gasteiger partial charge in [0.2, 0.25) is 0 Å². The summed E-state index contributed by atoms with van der Waals surface area (Å²) in [5.41, 5.74) is 2.45. The second kappa shape index (κ2) is 4.61. The first-order chi connectivity index (χ1) is 9.28. The number of aromatic nitrogens is 3. The Morgan fingerprint density at radius 1 is 1.37 bits per heavy atom. The highest BCUT2D eigenvalue weighted by molar-refractivity contribution is 6.11. The normalized spacial score (nSPS) is 10.8. The Morgan fingerprint density at radius 3 is 3.05 bits per heavy atom. The molecule has 3 aromatic rings. The molecule has 96 valence electrons. The summed E-state index contributed by atoms with van der Waals surface area (Å²) in [7, 11) is 0. The van der Waals surface area contributed by atoms with Gasteiger partial charge in [0.15, 0.2) is 5.82 Å². The number of aromatic amines is 2. The topological polar surface area (TPSA) is 73.6 Å². The smallest absolute Gasteiger partial charge is 0.258 e. The molecule has 0 bridgehead atoms. The van der Waals surface area contributed by atoms with E-state index < -0.39 is 0 Å². The van der Waals surface area contributed by atoms with E-state index in [1.165, 1.54) is 0 Å². The Hall–Kier alpha value is -2.56. The van der Waals surface area contributed by atoms with Crippen molar-refractivity contribution in [1.82, 2.24) is 15.2 Å². The highest BCUT2D eigenvalue weighted by atomic mass is 16.1. The van der Waals surface area contributed by atoms with E-state index in [2.05, 4.69) is 20.5 Å². The van der Waals surface area contributed by atoms with Crippen LogP contribution in [0.3, 0.4) is 0 Å². The van der Waals surface area contributed by atoms with Crippen molar-refractivity contribution in [2.24, 2.45) is 0 Å². The molecule has 1 aromatic carbocycles. The summed E-state index contributed by atoms with van der Waals surface area (Å²) in [6.45, 7) is 2.03. The fraction of sp³-hybridized carbons (Fsp3) is 0.143. The van der Waals surface area contributed by atoms with Crippen molar-refractivity contribution in [1.29, 1.82) is 0 Å². The van der Waals surface area contributed by atoms with Gasteiger partial charge in [-0.15, -0.1) is 0 Å². The van der Waals surface area contributed by atoms with E-state index >= 15 is 0 Å². The largest absolute Gasteiger partial charge is 0.361 e. The van der Waals surface area contributed by atoms with E-state index in [-0.39, 0.29) is 5.91 Å². The average molecular weight is 254 g/mol. The first kappa shape index (κ1) is 11.5. The fourth-order valence-corrected chi connectivity index (χ4v) is 2.06. The molecule has 3 rings (SSSR count). The molecule has 0 unspecified atom stereocenters. The number of hydrogen-bond donors (Lipinski definition) is 3. The number of fused-ring (bicyclic) bond motifs is 1. The van der Waals surface area contributed by atoms with Gasteiger partial charge in [-0.1, -0.05) is 19.1 Å². The van der Waals surface area contributed by atoms with Gasteiger partial charge in [0.05, 0.1) is 11.1 Å². The molecule has 0 spiro atoms. The number of amides is 1. The molecule has 5 nitrogen and oxygen atoms in total. The number of benzene rings is 1. The summed E-state index contributed by atoms with van der Waals surface area (Å²) < 4.78 is 0. The number of carbonyl (C=O) groups is 1. The minimum absolute atomic E-state index is 0.165. The van der Waals surface area contributed by atoms with E-state index in [1.807, 2.05) is 37.4 Å². The van der Waals surface area contributed by atoms with Crippen LogP contribution in [0.1, 0.15) is 23.0 Å². The summed E-state index contributed by atoms with van der Waals surface area (Å²) in [6.07, 6.45) is 2.68. The number of carbonyl (C=O) groups excluding carboxylic acids is 1. The zero-order valence-corrected chi connectivity index (χ0v) is 10.5. The molecule has 2 heterocycles. The molecule has 0 saturated heterocycles. The maximum atomic E-state index is 12.2. The molecule has 0 aliphatic rings. The van der Waals surface area contributed by atoms with Gasteiger partial charge in [0, 0.05) is 23.3 Å². The third-order valence-electron chi connectivity index (χ3n) is 3.09. The van der Waals surface area contributed by atoms with Crippen molar-refractivity contribution >= 4 is 22.6 Å². The van der Waals surface area contributed by atoms with Crippen molar-refractivity contribution in [2.75, 3.05) is 5.32 Å². The van der Waals surface area contributed by atoms with Gasteiger partial charge in [0.25, 0.3) is 5.91 Å². The molecule has 0 radical (unpaired) electrons. The lowest BCUT2D eigenvalue weighted by atomic mass is 10.1. The molecule has 0 saturated carbocycles. The number of anilines is 1. The minimum atomic E-state index is -0.165. The second-order valence-corrected chi connectivity index (χ2v) is 4.33. The highest BCUT2D eigenvalue weighted by Crippen LogP contribution is 2.18. The molecule has 19 heavy (non-hydrogen) atoms. The summed E-state index contributed by atoms with van der Waals surface area (Å²) in [6, 6.07) is 9.41. The number of para-hydroxylation sites is 1. The SMILES string of the molecule is CCc1cc(NC(=O)c2cccc3cc[nH]c23)n[nH]1. The Bertz CT molecular complexity index is 726. The van der Waals surface area contributed by atoms with Gasteiger partial charge in [-0.3, -0.25) is 9.89 Å². The van der Waals surface area contributed by atoms with Crippen molar-refractivity contribution in [3.8, 4) is 0 Å². The van der Waals surface area contributed by atoms with Gasteiger partial charge >= 0.3 is 0 Å². The first-order valence-electron chi connectivity index (χ1n) is 6.19. The van der Waals surface area contributed by atoms with Gasteiger partial charge in [0.1, 0.15) is 0 Å². The molecular weight excluding hydrogens is 240 g/mol. The zero-order chi connectivity index (χ0) is 13.2. The van der Waals surface area contributed by atoms with Crippen LogP contribution in [0, 0.1) is 0 Å². The van der Waals surface area contributed by atoms with E-state index in [0.717, 1.165) is 23.0 Å². The fourth-order valence-electron chi connectivity index (χ4n) is 2.06. The maximum Gasteiger partial charge on any atom is 0.258 e. The summed E-state index contributed by atoms with van der Waals surface area (Å²) in [5.74, 6) is 0.382. The maximum absolute atomic E-state index is 12.2. The second-order valence-electron chi connectivity index (χ2n) is 4.33. The Labute approximate surface area is 110 Å². The summed E-state index contributed by atoms with van der Waals surface area (Å²) >= 11 is 0. The minimum Gasteiger partial charge on any atom is -0.361 e. The molecule has 5 heteroatoms. The number of aryl methyl sites for hydroxylation is 1. The van der Waals surface area contributed by atoms with Crippen LogP contribution in [0.4, 0.5) is 5.82 Å². The third kappa shape index (κ3) is 2.10. The van der Waals surface area contributed by atoms with Crippen molar-refractivity contribution in [3.05, 3.63) is 47.8 Å². The zero-order valence-electron chi connectivity index (χ0n) is 10.5. The lowest BCUT2D eigenvalue weighted by Crippen LogP contribution is -2.12. The number of H-pyrrole nitrogens is 2. The predicted molar refractivity (Wildman–Crippen MR) is 74.2 cm³/mol. The molecule has 0 atom stereocenters. The molecule has 3 N–H and O–H groups in total. The highest BCUT2D eigenvalue weighted by Gasteiger charge is 2.12. The number of nitrogens with one attached hydrogen (secondary N) is 3. The molecule has 0 fully saturated rings. The number of hydrogen-bond acceptors (Lipinski definition) is 2. The van der Waals surface area contributed by atoms with Crippen LogP contribution in [-0.4, -0.2) is 21.1 Å². The van der Waals surface area contributed by atoms with Crippen LogP contribution in [0.15, 0.2) is 36.5 Å². The van der Waals surface area contributed by atoms with Crippen LogP contribution >= 0.6 is 0 Å². The first-order valence-corrected chi connectivity index (χ1v) is 6.19. The summed E-state index contributed by atoms with van der Waals surface area (Å²) in [4.78, 5) is 15.3. The number of nitrogens with zero attached hydrogens (tertiary/aromatic N) is 1. The molecular formula is C14H14N4O. The quantitative estimate of drug-likeness (QED) is 0.672. The van der Waals surface area contributed by atoms with Crippen LogP contribution in [0.5, 0.6) is 0 Å². The molecule has 1 amide bonds. The third-order valence-corrected chi connectivity index (χ3v) is 3.09. The van der Waals surface area contributed by atoms with Crippen LogP contribution in [0.2, 0.25) is 0 Å². The predicted octanol–water partition coefficient (Wildman–Crippen LogP) is 2.71. The van der Waals surface area contributed by atoms with Crippen molar-refractivity contribution < 1.29 is 4.79 Å². The van der Waals surface area contributed by atoms with Gasteiger partial charge in [-0.2, -0.15) is 5.10 Å². The molecule has 0 aliphatic carbocycles. The standard InChI is InChI=1S/C14H14N4O/c1-2-10-8-12(18-17-10)16-14(19)11-5-3-4-9-6-7-15-13(9)11/h3-8,15H,2H2,1H3,(H2,16,17,18,19). The molecule has 0 aliphatic heterocycles. The van der Waals surface area contributed by atoms with E-state index in [4.69, 9.17) is 0 Å². The Morgan fingerprint density at radius 2 is 2.26 bits per heavy atom. The monoisotopic (exact) mass is 254 g/mol. The Balaban J connectivity index is 1.89. The average Bonchev–Trinajstić information content (AvgIpc) is 3.05. The molecule has 2 aromatic heterocycles. The lowest BCUT2D eigenvalue weighted by molar-refractivity contribution is 0.102. The lowest BCUT2D eigenvalue weighted by Gasteiger charge is -2.03. The van der Waals surface area contributed by atoms with Crippen molar-refractivity contribution in [3.63, 3.8) is 0 Å². The summed E-state index contributed by atoms with van der Waals surface area (Å²) in [5, 5.41) is 10.7. The van der Waals surface area contributed by atoms with Gasteiger partial charge in [-0.25, -0.2) is 0 Å².